The van der Waals surface area contributed by atoms with Crippen LogP contribution in [0, 0.1) is 0 Å². The van der Waals surface area contributed by atoms with Crippen molar-refractivity contribution < 1.29 is 32.9 Å². The number of nitrogens with one attached hydrogen (secondary N) is 1. The van der Waals surface area contributed by atoms with Crippen molar-refractivity contribution in [1.82, 2.24) is 15.1 Å². The van der Waals surface area contributed by atoms with Crippen LogP contribution in [-0.4, -0.2) is 73.2 Å². The lowest BCUT2D eigenvalue weighted by Crippen LogP contribution is -2.73. The van der Waals surface area contributed by atoms with Crippen molar-refractivity contribution in [2.45, 2.75) is 69.2 Å². The van der Waals surface area contributed by atoms with Crippen LogP contribution >= 0.6 is 0 Å². The highest BCUT2D eigenvalue weighted by atomic mass is 32.2. The first-order valence-corrected chi connectivity index (χ1v) is 16.2. The molecule has 0 bridgehead atoms. The molecule has 1 unspecified atom stereocenters. The molecule has 11 heteroatoms. The van der Waals surface area contributed by atoms with Crippen molar-refractivity contribution in [2.24, 2.45) is 0 Å². The Morgan fingerprint density at radius 2 is 1.61 bits per heavy atom. The zero-order chi connectivity index (χ0) is 31.2. The highest BCUT2D eigenvalue weighted by molar-refractivity contribution is 7.86. The first-order chi connectivity index (χ1) is 21.0. The van der Waals surface area contributed by atoms with Crippen LogP contribution in [0.2, 0.25) is 0 Å². The second-order valence-corrected chi connectivity index (χ2v) is 13.9. The van der Waals surface area contributed by atoms with E-state index in [0.717, 1.165) is 28.9 Å². The number of alkyl carbamates (subject to hydrolysis) is 1. The molecule has 3 amide bonds. The zero-order valence-electron chi connectivity index (χ0n) is 24.9. The summed E-state index contributed by atoms with van der Waals surface area (Å²) in [5, 5.41) is 1.54. The van der Waals surface area contributed by atoms with Gasteiger partial charge in [0.25, 0.3) is 5.91 Å². The van der Waals surface area contributed by atoms with E-state index in [1.54, 1.807) is 26.8 Å². The van der Waals surface area contributed by atoms with Crippen molar-refractivity contribution in [3.05, 3.63) is 94.7 Å². The Bertz CT molecular complexity index is 1540. The third kappa shape index (κ3) is 5.93. The number of hydrogen-bond donors (Lipinski definition) is 1. The Morgan fingerprint density at radius 3 is 2.18 bits per heavy atom. The summed E-state index contributed by atoms with van der Waals surface area (Å²) in [5.41, 5.74) is 1.40. The molecule has 3 aliphatic heterocycles. The molecule has 1 aliphatic carbocycles. The van der Waals surface area contributed by atoms with E-state index in [4.69, 9.17) is 9.47 Å². The van der Waals surface area contributed by atoms with Crippen LogP contribution in [0.1, 0.15) is 57.3 Å². The van der Waals surface area contributed by atoms with Crippen molar-refractivity contribution in [3.63, 3.8) is 0 Å². The molecule has 3 atom stereocenters. The van der Waals surface area contributed by atoms with Gasteiger partial charge in [0.1, 0.15) is 22.7 Å². The highest BCUT2D eigenvalue weighted by Gasteiger charge is 2.58. The Balaban J connectivity index is 1.36. The number of nitrogens with zero attached hydrogens (tertiary/aromatic N) is 2. The van der Waals surface area contributed by atoms with Crippen molar-refractivity contribution in [3.8, 4) is 0 Å². The Morgan fingerprint density at radius 1 is 1.00 bits per heavy atom. The number of esters is 1. The fourth-order valence-electron chi connectivity index (χ4n) is 5.80. The molecule has 2 aromatic rings. The monoisotopic (exact) mass is 617 g/mol. The molecule has 2 saturated heterocycles. The van der Waals surface area contributed by atoms with Crippen LogP contribution in [0.5, 0.6) is 0 Å². The van der Waals surface area contributed by atoms with Gasteiger partial charge in [-0.2, -0.15) is 0 Å². The molecule has 0 aromatic heterocycles. The van der Waals surface area contributed by atoms with E-state index < -0.39 is 51.9 Å². The van der Waals surface area contributed by atoms with Crippen LogP contribution in [0.15, 0.2) is 83.6 Å². The standard InChI is InChI=1S/C33H35N3O7S/c1-33(2,3)43-32(40)34-25-29(38)36-26(31(39)42-27(20-10-6-4-7-11-20)21-12-8-5-9-13-21)23(19-44(41)30(25)36)18-22-16-17-35(28(22)37)24-14-15-24/h4-13,18,24-25,27,30H,14-17,19H2,1-3H3,(H,34,40)/b22-18-/t25-,30-,44?/m1/s1. The maximum Gasteiger partial charge on any atom is 0.408 e. The number of carbonyl (C=O) groups is 4. The summed E-state index contributed by atoms with van der Waals surface area (Å²) in [6.07, 6.45) is 2.43. The van der Waals surface area contributed by atoms with Crippen molar-refractivity contribution in [1.29, 1.82) is 0 Å². The van der Waals surface area contributed by atoms with E-state index in [9.17, 15) is 23.4 Å². The zero-order valence-corrected chi connectivity index (χ0v) is 25.7. The second-order valence-electron chi connectivity index (χ2n) is 12.4. The fraction of sp³-hybridized carbons (Fsp3) is 0.394. The van der Waals surface area contributed by atoms with Crippen LogP contribution in [0.4, 0.5) is 4.79 Å². The predicted octanol–water partition coefficient (Wildman–Crippen LogP) is 3.72. The molecule has 1 N–H and O–H groups in total. The lowest BCUT2D eigenvalue weighted by molar-refractivity contribution is -0.153. The Kier molecular flexibility index (Phi) is 7.91. The number of amides is 3. The molecule has 1 saturated carbocycles. The normalized spacial score (nSPS) is 24.4. The smallest absolute Gasteiger partial charge is 0.408 e. The number of fused-ring (bicyclic) bond motifs is 1. The summed E-state index contributed by atoms with van der Waals surface area (Å²) in [6.45, 7) is 5.67. The quantitative estimate of drug-likeness (QED) is 0.286. The average Bonchev–Trinajstić information content (AvgIpc) is 3.77. The molecule has 230 valence electrons. The van der Waals surface area contributed by atoms with Gasteiger partial charge in [-0.3, -0.25) is 18.7 Å². The van der Waals surface area contributed by atoms with Crippen molar-refractivity contribution >= 4 is 34.7 Å². The minimum atomic E-state index is -1.69. The number of rotatable bonds is 7. The van der Waals surface area contributed by atoms with E-state index in [-0.39, 0.29) is 23.4 Å². The minimum Gasteiger partial charge on any atom is -0.448 e. The highest BCUT2D eigenvalue weighted by Crippen LogP contribution is 2.39. The van der Waals surface area contributed by atoms with Crippen LogP contribution in [0.3, 0.4) is 0 Å². The number of allylic oxidation sites excluding steroid dienone is 1. The number of benzene rings is 2. The average molecular weight is 618 g/mol. The van der Waals surface area contributed by atoms with Gasteiger partial charge < -0.3 is 19.7 Å². The van der Waals surface area contributed by atoms with Crippen LogP contribution in [-0.2, 0) is 34.7 Å². The van der Waals surface area contributed by atoms with E-state index in [2.05, 4.69) is 5.32 Å². The molecule has 44 heavy (non-hydrogen) atoms. The van der Waals surface area contributed by atoms with Gasteiger partial charge in [0.05, 0.1) is 16.6 Å². The molecule has 3 fully saturated rings. The van der Waals surface area contributed by atoms with Gasteiger partial charge >= 0.3 is 12.1 Å². The van der Waals surface area contributed by atoms with Gasteiger partial charge in [-0.05, 0) is 62.8 Å². The predicted molar refractivity (Wildman–Crippen MR) is 162 cm³/mol. The van der Waals surface area contributed by atoms with Gasteiger partial charge in [0.2, 0.25) is 5.91 Å². The van der Waals surface area contributed by atoms with Gasteiger partial charge in [-0.1, -0.05) is 60.7 Å². The lowest BCUT2D eigenvalue weighted by atomic mass is 10.00. The number of carbonyl (C=O) groups excluding carboxylic acids is 4. The third-order valence-electron chi connectivity index (χ3n) is 7.94. The summed E-state index contributed by atoms with van der Waals surface area (Å²) in [6, 6.07) is 17.6. The van der Waals surface area contributed by atoms with Crippen LogP contribution in [0.25, 0.3) is 0 Å². The maximum atomic E-state index is 14.2. The number of ether oxygens (including phenoxy) is 2. The molecule has 0 radical (unpaired) electrons. The van der Waals surface area contributed by atoms with Gasteiger partial charge in [-0.25, -0.2) is 9.59 Å². The SMILES string of the molecule is CC(C)(C)OC(=O)N[C@@H]1C(=O)N2C(C(=O)OC(c3ccccc3)c3ccccc3)=C(/C=C3/CCN(C4CC4)C3=O)CS(=O)[C@H]12. The summed E-state index contributed by atoms with van der Waals surface area (Å²) in [4.78, 5) is 56.4. The lowest BCUT2D eigenvalue weighted by Gasteiger charge is -2.49. The summed E-state index contributed by atoms with van der Waals surface area (Å²) < 4.78 is 25.0. The Hall–Kier alpha value is -4.25. The minimum absolute atomic E-state index is 0.0659. The van der Waals surface area contributed by atoms with Crippen LogP contribution < -0.4 is 5.32 Å². The second kappa shape index (κ2) is 11.7. The maximum absolute atomic E-state index is 14.2. The summed E-state index contributed by atoms with van der Waals surface area (Å²) in [7, 11) is -1.69. The van der Waals surface area contributed by atoms with Gasteiger partial charge in [-0.15, -0.1) is 0 Å². The molecule has 10 nitrogen and oxygen atoms in total. The summed E-state index contributed by atoms with van der Waals surface area (Å²) in [5.74, 6) is -1.59. The Labute approximate surface area is 258 Å². The summed E-state index contributed by atoms with van der Waals surface area (Å²) >= 11 is 0. The van der Waals surface area contributed by atoms with E-state index in [1.165, 1.54) is 0 Å². The number of hydrogen-bond acceptors (Lipinski definition) is 7. The topological polar surface area (TPSA) is 122 Å². The first-order valence-electron chi connectivity index (χ1n) is 14.8. The molecule has 6 rings (SSSR count). The fourth-order valence-corrected chi connectivity index (χ4v) is 7.43. The van der Waals surface area contributed by atoms with E-state index in [0.29, 0.717) is 24.1 Å². The molecular formula is C33H35N3O7S. The van der Waals surface area contributed by atoms with Gasteiger partial charge in [0, 0.05) is 18.2 Å². The largest absolute Gasteiger partial charge is 0.448 e. The van der Waals surface area contributed by atoms with E-state index in [1.807, 2.05) is 65.6 Å². The number of likely N-dealkylation sites (tertiary alicyclic amines) is 1. The third-order valence-corrected chi connectivity index (χ3v) is 9.56. The molecule has 0 spiro atoms. The first kappa shape index (κ1) is 29.8. The molecular weight excluding hydrogens is 582 g/mol. The molecule has 2 aromatic carbocycles. The molecule has 3 heterocycles. The molecule has 4 aliphatic rings. The van der Waals surface area contributed by atoms with Crippen molar-refractivity contribution in [2.75, 3.05) is 12.3 Å². The van der Waals surface area contributed by atoms with Gasteiger partial charge in [0.15, 0.2) is 6.10 Å². The van der Waals surface area contributed by atoms with E-state index >= 15 is 0 Å². The number of β-lactam (4-membered cyclic amide) rings is 1.